The molecule has 0 spiro atoms. The maximum atomic E-state index is 12.3. The number of hydrogen-bond acceptors (Lipinski definition) is 7. The molecule has 182 valence electrons. The number of alkyl carbamates (subject to hydrolysis) is 1. The number of aromatic nitrogens is 1. The van der Waals surface area contributed by atoms with Crippen molar-refractivity contribution in [3.63, 3.8) is 0 Å². The van der Waals surface area contributed by atoms with E-state index in [4.69, 9.17) is 13.9 Å². The number of amides is 2. The SMILES string of the molecule is CC(C)(C)OC(=O)NC(CC1CCN(C(=O)OCC[Si](C)(C)C)CC1)C(O)c1ncco1. The quantitative estimate of drug-likeness (QED) is 0.549. The molecule has 2 atom stereocenters. The van der Waals surface area contributed by atoms with Gasteiger partial charge in [0.2, 0.25) is 5.89 Å². The van der Waals surface area contributed by atoms with Crippen LogP contribution in [0.4, 0.5) is 9.59 Å². The molecule has 0 bridgehead atoms. The molecular weight excluding hydrogens is 430 g/mol. The van der Waals surface area contributed by atoms with Gasteiger partial charge in [-0.3, -0.25) is 0 Å². The standard InChI is InChI=1S/C22H39N3O6Si/c1-22(2,3)31-20(27)24-17(18(26)19-23-9-12-29-19)15-16-7-10-25(11-8-16)21(28)30-13-14-32(4,5)6/h9,12,16-18,26H,7-8,10-11,13-15H2,1-6H3,(H,24,27). The summed E-state index contributed by atoms with van der Waals surface area (Å²) in [7, 11) is -1.24. The third kappa shape index (κ3) is 9.19. The smallest absolute Gasteiger partial charge is 0.409 e. The van der Waals surface area contributed by atoms with Gasteiger partial charge in [-0.05, 0) is 52.0 Å². The lowest BCUT2D eigenvalue weighted by Crippen LogP contribution is -2.45. The number of carbonyl (C=O) groups excluding carboxylic acids is 2. The van der Waals surface area contributed by atoms with Crippen LogP contribution in [0, 0.1) is 5.92 Å². The fourth-order valence-corrected chi connectivity index (χ4v) is 4.24. The van der Waals surface area contributed by atoms with Crippen molar-refractivity contribution in [2.45, 2.75) is 83.5 Å². The second-order valence-corrected chi connectivity index (χ2v) is 16.3. The first-order chi connectivity index (χ1) is 14.8. The number of nitrogens with zero attached hydrogens (tertiary/aromatic N) is 2. The Balaban J connectivity index is 1.90. The van der Waals surface area contributed by atoms with Crippen LogP contribution in [0.1, 0.15) is 52.0 Å². The molecule has 2 heterocycles. The zero-order valence-corrected chi connectivity index (χ0v) is 21.2. The van der Waals surface area contributed by atoms with Crippen LogP contribution in [0.25, 0.3) is 0 Å². The number of rotatable bonds is 8. The van der Waals surface area contributed by atoms with Gasteiger partial charge < -0.3 is 29.2 Å². The van der Waals surface area contributed by atoms with E-state index >= 15 is 0 Å². The molecule has 32 heavy (non-hydrogen) atoms. The Morgan fingerprint density at radius 3 is 2.50 bits per heavy atom. The van der Waals surface area contributed by atoms with E-state index in [0.29, 0.717) is 26.1 Å². The van der Waals surface area contributed by atoms with Gasteiger partial charge in [-0.25, -0.2) is 14.6 Å². The van der Waals surface area contributed by atoms with E-state index in [1.165, 1.54) is 12.5 Å². The summed E-state index contributed by atoms with van der Waals surface area (Å²) in [5.74, 6) is 0.361. The van der Waals surface area contributed by atoms with E-state index in [2.05, 4.69) is 29.9 Å². The van der Waals surface area contributed by atoms with Crippen molar-refractivity contribution < 1.29 is 28.6 Å². The summed E-state index contributed by atoms with van der Waals surface area (Å²) in [6, 6.07) is 0.329. The molecular formula is C22H39N3O6Si. The molecule has 2 amide bonds. The third-order valence-corrected chi connectivity index (χ3v) is 7.03. The van der Waals surface area contributed by atoms with Crippen molar-refractivity contribution in [1.82, 2.24) is 15.2 Å². The zero-order chi connectivity index (χ0) is 23.9. The van der Waals surface area contributed by atoms with Crippen LogP contribution in [0.5, 0.6) is 0 Å². The molecule has 1 aliphatic heterocycles. The minimum absolute atomic E-state index is 0.148. The first kappa shape index (κ1) is 26.2. The average molecular weight is 470 g/mol. The molecule has 2 rings (SSSR count). The number of nitrogens with one attached hydrogen (secondary N) is 1. The minimum atomic E-state index is -1.24. The second-order valence-electron chi connectivity index (χ2n) is 10.7. The number of oxazole rings is 1. The molecule has 2 unspecified atom stereocenters. The fraction of sp³-hybridized carbons (Fsp3) is 0.773. The second kappa shape index (κ2) is 11.2. The summed E-state index contributed by atoms with van der Waals surface area (Å²) in [5.41, 5.74) is -0.649. The van der Waals surface area contributed by atoms with Crippen LogP contribution in [-0.2, 0) is 9.47 Å². The molecule has 1 fully saturated rings. The lowest BCUT2D eigenvalue weighted by atomic mass is 9.88. The Labute approximate surface area is 191 Å². The Morgan fingerprint density at radius 1 is 1.31 bits per heavy atom. The summed E-state index contributed by atoms with van der Waals surface area (Å²) in [5, 5.41) is 13.5. The lowest BCUT2D eigenvalue weighted by molar-refractivity contribution is 0.0335. The number of piperidine rings is 1. The highest BCUT2D eigenvalue weighted by Gasteiger charge is 2.33. The third-order valence-electron chi connectivity index (χ3n) is 5.33. The van der Waals surface area contributed by atoms with Crippen molar-refractivity contribution in [2.75, 3.05) is 19.7 Å². The molecule has 0 saturated carbocycles. The molecule has 0 aromatic carbocycles. The number of aliphatic hydroxyl groups excluding tert-OH is 1. The number of hydrogen-bond donors (Lipinski definition) is 2. The maximum Gasteiger partial charge on any atom is 0.409 e. The molecule has 0 aliphatic carbocycles. The summed E-state index contributed by atoms with van der Waals surface area (Å²) in [6.07, 6.45) is 2.91. The summed E-state index contributed by atoms with van der Waals surface area (Å²) >= 11 is 0. The summed E-state index contributed by atoms with van der Waals surface area (Å²) < 4.78 is 16.0. The van der Waals surface area contributed by atoms with Crippen LogP contribution in [-0.4, -0.2) is 66.6 Å². The highest BCUT2D eigenvalue weighted by atomic mass is 28.3. The van der Waals surface area contributed by atoms with Crippen LogP contribution in [0.3, 0.4) is 0 Å². The van der Waals surface area contributed by atoms with E-state index < -0.39 is 31.9 Å². The predicted octanol–water partition coefficient (Wildman–Crippen LogP) is 4.18. The Hall–Kier alpha value is -2.07. The number of aliphatic hydroxyl groups is 1. The van der Waals surface area contributed by atoms with E-state index in [-0.39, 0.29) is 17.9 Å². The Bertz CT molecular complexity index is 721. The van der Waals surface area contributed by atoms with Gasteiger partial charge in [0.05, 0.1) is 18.8 Å². The predicted molar refractivity (Wildman–Crippen MR) is 123 cm³/mol. The largest absolute Gasteiger partial charge is 0.450 e. The van der Waals surface area contributed by atoms with E-state index in [1.807, 2.05) is 0 Å². The van der Waals surface area contributed by atoms with Gasteiger partial charge in [-0.1, -0.05) is 19.6 Å². The average Bonchev–Trinajstić information content (AvgIpc) is 3.19. The first-order valence-electron chi connectivity index (χ1n) is 11.3. The fourth-order valence-electron chi connectivity index (χ4n) is 3.52. The topological polar surface area (TPSA) is 114 Å². The normalized spacial score (nSPS) is 17.5. The van der Waals surface area contributed by atoms with Gasteiger partial charge in [0.15, 0.2) is 6.10 Å². The molecule has 1 aromatic rings. The lowest BCUT2D eigenvalue weighted by Gasteiger charge is -2.34. The molecule has 9 nitrogen and oxygen atoms in total. The zero-order valence-electron chi connectivity index (χ0n) is 20.2. The highest BCUT2D eigenvalue weighted by molar-refractivity contribution is 6.76. The van der Waals surface area contributed by atoms with Crippen molar-refractivity contribution >= 4 is 20.3 Å². The Kier molecular flexibility index (Phi) is 9.14. The van der Waals surface area contributed by atoms with Crippen LogP contribution >= 0.6 is 0 Å². The van der Waals surface area contributed by atoms with Gasteiger partial charge in [0.25, 0.3) is 0 Å². The van der Waals surface area contributed by atoms with Gasteiger partial charge in [-0.2, -0.15) is 0 Å². The number of likely N-dealkylation sites (tertiary alicyclic amines) is 1. The van der Waals surface area contributed by atoms with Crippen molar-refractivity contribution in [2.24, 2.45) is 5.92 Å². The molecule has 1 aromatic heterocycles. The van der Waals surface area contributed by atoms with Gasteiger partial charge >= 0.3 is 12.2 Å². The Morgan fingerprint density at radius 2 is 1.97 bits per heavy atom. The van der Waals surface area contributed by atoms with Gasteiger partial charge in [0.1, 0.15) is 11.9 Å². The van der Waals surface area contributed by atoms with Crippen LogP contribution in [0.15, 0.2) is 16.9 Å². The molecule has 1 saturated heterocycles. The monoisotopic (exact) mass is 469 g/mol. The highest BCUT2D eigenvalue weighted by Crippen LogP contribution is 2.27. The molecule has 0 radical (unpaired) electrons. The molecule has 1 aliphatic rings. The summed E-state index contributed by atoms with van der Waals surface area (Å²) in [6.45, 7) is 13.7. The minimum Gasteiger partial charge on any atom is -0.450 e. The number of ether oxygens (including phenoxy) is 2. The molecule has 2 N–H and O–H groups in total. The van der Waals surface area contributed by atoms with Gasteiger partial charge in [0, 0.05) is 21.2 Å². The van der Waals surface area contributed by atoms with E-state index in [9.17, 15) is 14.7 Å². The van der Waals surface area contributed by atoms with Crippen LogP contribution < -0.4 is 5.32 Å². The maximum absolute atomic E-state index is 12.3. The molecule has 10 heteroatoms. The van der Waals surface area contributed by atoms with Crippen molar-refractivity contribution in [3.8, 4) is 0 Å². The van der Waals surface area contributed by atoms with Gasteiger partial charge in [-0.15, -0.1) is 0 Å². The van der Waals surface area contributed by atoms with E-state index in [0.717, 1.165) is 18.9 Å². The van der Waals surface area contributed by atoms with Crippen molar-refractivity contribution in [1.29, 1.82) is 0 Å². The number of carbonyl (C=O) groups is 2. The van der Waals surface area contributed by atoms with Crippen molar-refractivity contribution in [3.05, 3.63) is 18.4 Å². The van der Waals surface area contributed by atoms with E-state index in [1.54, 1.807) is 25.7 Å². The summed E-state index contributed by atoms with van der Waals surface area (Å²) in [4.78, 5) is 30.4. The first-order valence-corrected chi connectivity index (χ1v) is 15.0. The van der Waals surface area contributed by atoms with Crippen LogP contribution in [0.2, 0.25) is 25.7 Å².